The first-order valence-corrected chi connectivity index (χ1v) is 4.53. The molecule has 0 saturated carbocycles. The van der Waals surface area contributed by atoms with Crippen LogP contribution in [0.3, 0.4) is 0 Å². The lowest BCUT2D eigenvalue weighted by Gasteiger charge is -1.99. The van der Waals surface area contributed by atoms with Crippen LogP contribution in [-0.4, -0.2) is 4.98 Å². The molecule has 0 unspecified atom stereocenters. The normalized spacial score (nSPS) is 10.3. The van der Waals surface area contributed by atoms with E-state index >= 15 is 0 Å². The Morgan fingerprint density at radius 2 is 2.08 bits per heavy atom. The van der Waals surface area contributed by atoms with Crippen LogP contribution >= 0.6 is 23.2 Å². The Labute approximate surface area is 85.7 Å². The number of halogens is 2. The zero-order valence-electron chi connectivity index (χ0n) is 6.67. The van der Waals surface area contributed by atoms with Gasteiger partial charge in [-0.1, -0.05) is 29.3 Å². The van der Waals surface area contributed by atoms with Crippen LogP contribution in [0.5, 0.6) is 0 Å². The van der Waals surface area contributed by atoms with Crippen molar-refractivity contribution >= 4 is 23.2 Å². The van der Waals surface area contributed by atoms with Crippen molar-refractivity contribution < 1.29 is 4.57 Å². The number of benzene rings is 1. The Morgan fingerprint density at radius 3 is 2.77 bits per heavy atom. The summed E-state index contributed by atoms with van der Waals surface area (Å²) in [6.45, 7) is 0. The van der Waals surface area contributed by atoms with Crippen molar-refractivity contribution in [3.63, 3.8) is 0 Å². The maximum Gasteiger partial charge on any atom is 0.246 e. The van der Waals surface area contributed by atoms with E-state index < -0.39 is 0 Å². The Balaban J connectivity index is 2.59. The number of imidazole rings is 1. The van der Waals surface area contributed by atoms with E-state index in [1.54, 1.807) is 12.4 Å². The van der Waals surface area contributed by atoms with Gasteiger partial charge in [0.15, 0.2) is 5.69 Å². The van der Waals surface area contributed by atoms with Crippen molar-refractivity contribution in [2.75, 3.05) is 0 Å². The standard InChI is InChI=1S/C9H6Cl2N2/c10-7-2-1-3-8(9(7)11)13-5-4-12-6-13/h1-6H/p+1. The molecule has 2 rings (SSSR count). The van der Waals surface area contributed by atoms with Crippen molar-refractivity contribution in [2.45, 2.75) is 0 Å². The summed E-state index contributed by atoms with van der Waals surface area (Å²) < 4.78 is 1.87. The summed E-state index contributed by atoms with van der Waals surface area (Å²) in [4.78, 5) is 2.94. The fourth-order valence-corrected chi connectivity index (χ4v) is 1.52. The molecular weight excluding hydrogens is 207 g/mol. The van der Waals surface area contributed by atoms with Gasteiger partial charge in [0.1, 0.15) is 17.4 Å². The van der Waals surface area contributed by atoms with Crippen LogP contribution in [0, 0.1) is 0 Å². The second kappa shape index (κ2) is 3.40. The predicted octanol–water partition coefficient (Wildman–Crippen LogP) is 2.60. The molecular formula is C9H7Cl2N2+. The zero-order valence-corrected chi connectivity index (χ0v) is 8.18. The lowest BCUT2D eigenvalue weighted by atomic mass is 10.3. The van der Waals surface area contributed by atoms with Gasteiger partial charge in [0, 0.05) is 0 Å². The summed E-state index contributed by atoms with van der Waals surface area (Å²) >= 11 is 11.9. The molecule has 2 aromatic rings. The molecule has 0 saturated heterocycles. The quantitative estimate of drug-likeness (QED) is 0.704. The highest BCUT2D eigenvalue weighted by atomic mass is 35.5. The maximum atomic E-state index is 6.02. The summed E-state index contributed by atoms with van der Waals surface area (Å²) in [5.41, 5.74) is 0.871. The topological polar surface area (TPSA) is 19.7 Å². The van der Waals surface area contributed by atoms with E-state index in [1.165, 1.54) is 0 Å². The molecule has 1 aromatic carbocycles. The van der Waals surface area contributed by atoms with E-state index in [4.69, 9.17) is 23.2 Å². The third-order valence-electron chi connectivity index (χ3n) is 1.75. The molecule has 0 radical (unpaired) electrons. The average Bonchev–Trinajstić information content (AvgIpc) is 2.62. The van der Waals surface area contributed by atoms with Crippen molar-refractivity contribution in [3.05, 3.63) is 47.0 Å². The molecule has 2 nitrogen and oxygen atoms in total. The van der Waals surface area contributed by atoms with Gasteiger partial charge in [0.2, 0.25) is 6.33 Å². The Morgan fingerprint density at radius 1 is 1.23 bits per heavy atom. The highest BCUT2D eigenvalue weighted by molar-refractivity contribution is 6.42. The first-order chi connectivity index (χ1) is 6.29. The van der Waals surface area contributed by atoms with Crippen LogP contribution in [0.15, 0.2) is 36.9 Å². The molecule has 1 aromatic heterocycles. The largest absolute Gasteiger partial charge is 0.250 e. The van der Waals surface area contributed by atoms with Gasteiger partial charge in [-0.15, -0.1) is 0 Å². The SMILES string of the molecule is Clc1cccc(-[n+]2cc[nH]c2)c1Cl. The van der Waals surface area contributed by atoms with Gasteiger partial charge in [0.25, 0.3) is 0 Å². The number of aromatic nitrogens is 2. The lowest BCUT2D eigenvalue weighted by Crippen LogP contribution is -2.27. The fraction of sp³-hybridized carbons (Fsp3) is 0. The molecule has 13 heavy (non-hydrogen) atoms. The van der Waals surface area contributed by atoms with Gasteiger partial charge >= 0.3 is 0 Å². The van der Waals surface area contributed by atoms with E-state index in [-0.39, 0.29) is 0 Å². The van der Waals surface area contributed by atoms with Gasteiger partial charge in [-0.3, -0.25) is 0 Å². The molecule has 0 spiro atoms. The highest BCUT2D eigenvalue weighted by Crippen LogP contribution is 2.25. The Kier molecular flexibility index (Phi) is 2.25. The predicted molar refractivity (Wildman–Crippen MR) is 52.3 cm³/mol. The molecule has 0 fully saturated rings. The van der Waals surface area contributed by atoms with E-state index in [2.05, 4.69) is 4.98 Å². The minimum absolute atomic E-state index is 0.563. The summed E-state index contributed by atoms with van der Waals surface area (Å²) in [7, 11) is 0. The minimum atomic E-state index is 0.563. The van der Waals surface area contributed by atoms with Gasteiger partial charge in [-0.05, 0) is 12.1 Å². The molecule has 4 heteroatoms. The van der Waals surface area contributed by atoms with Gasteiger partial charge in [0.05, 0.1) is 5.02 Å². The number of H-pyrrole nitrogens is 1. The number of nitrogens with zero attached hydrogens (tertiary/aromatic N) is 1. The lowest BCUT2D eigenvalue weighted by molar-refractivity contribution is -0.594. The minimum Gasteiger partial charge on any atom is -0.250 e. The monoisotopic (exact) mass is 213 g/mol. The van der Waals surface area contributed by atoms with E-state index in [0.29, 0.717) is 10.0 Å². The van der Waals surface area contributed by atoms with Crippen molar-refractivity contribution in [1.82, 2.24) is 4.98 Å². The van der Waals surface area contributed by atoms with Gasteiger partial charge < -0.3 is 0 Å². The third kappa shape index (κ3) is 1.55. The summed E-state index contributed by atoms with van der Waals surface area (Å²) in [6.07, 6.45) is 5.49. The fourth-order valence-electron chi connectivity index (χ4n) is 1.13. The van der Waals surface area contributed by atoms with Crippen LogP contribution in [0.25, 0.3) is 5.69 Å². The zero-order chi connectivity index (χ0) is 9.26. The second-order valence-corrected chi connectivity index (χ2v) is 3.38. The molecule has 1 N–H and O–H groups in total. The molecule has 0 bridgehead atoms. The smallest absolute Gasteiger partial charge is 0.246 e. The van der Waals surface area contributed by atoms with Crippen LogP contribution in [0.2, 0.25) is 10.0 Å². The van der Waals surface area contributed by atoms with Gasteiger partial charge in [-0.25, -0.2) is 9.55 Å². The van der Waals surface area contributed by atoms with Gasteiger partial charge in [-0.2, -0.15) is 0 Å². The molecule has 0 aliphatic carbocycles. The van der Waals surface area contributed by atoms with Crippen molar-refractivity contribution in [3.8, 4) is 5.69 Å². The summed E-state index contributed by atoms with van der Waals surface area (Å²) in [5, 5.41) is 1.13. The maximum absolute atomic E-state index is 6.02. The van der Waals surface area contributed by atoms with Crippen molar-refractivity contribution in [2.24, 2.45) is 0 Å². The molecule has 0 aliphatic rings. The molecule has 0 amide bonds. The summed E-state index contributed by atoms with van der Waals surface area (Å²) in [6, 6.07) is 5.53. The Hall–Kier alpha value is -0.990. The van der Waals surface area contributed by atoms with E-state index in [0.717, 1.165) is 5.69 Å². The van der Waals surface area contributed by atoms with E-state index in [1.807, 2.05) is 29.1 Å². The number of rotatable bonds is 1. The number of aromatic amines is 1. The van der Waals surface area contributed by atoms with Crippen molar-refractivity contribution in [1.29, 1.82) is 0 Å². The van der Waals surface area contributed by atoms with Crippen LogP contribution in [0.1, 0.15) is 0 Å². The number of hydrogen-bond acceptors (Lipinski definition) is 0. The number of nitrogens with one attached hydrogen (secondary N) is 1. The first kappa shape index (κ1) is 8.60. The highest BCUT2D eigenvalue weighted by Gasteiger charge is 2.09. The molecule has 0 aliphatic heterocycles. The average molecular weight is 214 g/mol. The van der Waals surface area contributed by atoms with Crippen LogP contribution < -0.4 is 4.57 Å². The van der Waals surface area contributed by atoms with E-state index in [9.17, 15) is 0 Å². The third-order valence-corrected chi connectivity index (χ3v) is 2.56. The molecule has 0 atom stereocenters. The second-order valence-electron chi connectivity index (χ2n) is 2.59. The molecule has 66 valence electrons. The Bertz CT molecular complexity index is 410. The van der Waals surface area contributed by atoms with Crippen LogP contribution in [0.4, 0.5) is 0 Å². The summed E-state index contributed by atoms with van der Waals surface area (Å²) in [5.74, 6) is 0. The first-order valence-electron chi connectivity index (χ1n) is 3.77. The molecule has 1 heterocycles. The van der Waals surface area contributed by atoms with Crippen LogP contribution in [-0.2, 0) is 0 Å². The number of hydrogen-bond donors (Lipinski definition) is 1.